The van der Waals surface area contributed by atoms with Crippen LogP contribution in [0, 0.1) is 22.7 Å². The minimum atomic E-state index is -1.06. The van der Waals surface area contributed by atoms with Gasteiger partial charge in [0.15, 0.2) is 0 Å². The molecule has 2 bridgehead atoms. The van der Waals surface area contributed by atoms with Gasteiger partial charge in [-0.05, 0) is 46.6 Å². The van der Waals surface area contributed by atoms with Crippen molar-refractivity contribution in [2.24, 2.45) is 22.7 Å². The molecular formula is C18H35BrOSSi. The maximum absolute atomic E-state index is 10.9. The average molecular weight is 408 g/mol. The fourth-order valence-electron chi connectivity index (χ4n) is 4.70. The standard InChI is InChI=1S/C18H35OSSi.BrH/c1-17(2)15-9-10-18(17,3)16(19)14(15)13-20(4)11-8-12-21(5,6)7;/h8,12,14-16,19H,9-11,13H2,1-7H3;1H/q+1;/p-1/b12-8+;/t14-,15-,16-,18+,20?;/m1./s1. The lowest BCUT2D eigenvalue weighted by Gasteiger charge is -2.37. The van der Waals surface area contributed by atoms with Crippen molar-refractivity contribution in [1.29, 1.82) is 0 Å². The van der Waals surface area contributed by atoms with Gasteiger partial charge < -0.3 is 22.1 Å². The van der Waals surface area contributed by atoms with Crippen LogP contribution in [0.25, 0.3) is 0 Å². The number of halogens is 1. The highest BCUT2D eigenvalue weighted by Crippen LogP contribution is 2.67. The van der Waals surface area contributed by atoms with E-state index < -0.39 is 8.07 Å². The smallest absolute Gasteiger partial charge is 0.125 e. The van der Waals surface area contributed by atoms with Gasteiger partial charge in [-0.2, -0.15) is 0 Å². The Kier molecular flexibility index (Phi) is 6.55. The van der Waals surface area contributed by atoms with E-state index in [4.69, 9.17) is 0 Å². The predicted molar refractivity (Wildman–Crippen MR) is 99.6 cm³/mol. The van der Waals surface area contributed by atoms with Gasteiger partial charge in [0.05, 0.1) is 20.4 Å². The predicted octanol–water partition coefficient (Wildman–Crippen LogP) is 1.11. The molecule has 2 aliphatic carbocycles. The molecule has 0 saturated heterocycles. The van der Waals surface area contributed by atoms with Crippen LogP contribution in [0.2, 0.25) is 19.6 Å². The zero-order valence-corrected chi connectivity index (χ0v) is 18.9. The van der Waals surface area contributed by atoms with Crippen LogP contribution in [-0.2, 0) is 10.9 Å². The summed E-state index contributed by atoms with van der Waals surface area (Å²) in [5.41, 5.74) is 2.94. The number of hydrogen-bond donors (Lipinski definition) is 1. The molecule has 1 N–H and O–H groups in total. The molecule has 2 fully saturated rings. The van der Waals surface area contributed by atoms with Crippen LogP contribution in [0.5, 0.6) is 0 Å². The Morgan fingerprint density at radius 3 is 2.27 bits per heavy atom. The van der Waals surface area contributed by atoms with Gasteiger partial charge >= 0.3 is 0 Å². The third-order valence-corrected chi connectivity index (χ3v) is 9.38. The van der Waals surface area contributed by atoms with Gasteiger partial charge in [0.2, 0.25) is 0 Å². The van der Waals surface area contributed by atoms with Crippen molar-refractivity contribution in [2.75, 3.05) is 17.8 Å². The maximum Gasteiger partial charge on any atom is 0.125 e. The maximum atomic E-state index is 10.9. The minimum Gasteiger partial charge on any atom is -1.00 e. The molecule has 2 rings (SSSR count). The molecule has 1 unspecified atom stereocenters. The minimum absolute atomic E-state index is 0. The van der Waals surface area contributed by atoms with Gasteiger partial charge in [0.25, 0.3) is 0 Å². The molecule has 0 radical (unpaired) electrons. The quantitative estimate of drug-likeness (QED) is 0.535. The van der Waals surface area contributed by atoms with Gasteiger partial charge in [-0.25, -0.2) is 0 Å². The third-order valence-electron chi connectivity index (χ3n) is 6.42. The number of aliphatic hydroxyl groups excluding tert-OH is 1. The lowest BCUT2D eigenvalue weighted by Crippen LogP contribution is -3.00. The largest absolute Gasteiger partial charge is 1.00 e. The lowest BCUT2D eigenvalue weighted by molar-refractivity contribution is -0.00539. The summed E-state index contributed by atoms with van der Waals surface area (Å²) in [4.78, 5) is 0. The summed E-state index contributed by atoms with van der Waals surface area (Å²) in [6, 6.07) is 0. The van der Waals surface area contributed by atoms with Crippen molar-refractivity contribution < 1.29 is 22.1 Å². The van der Waals surface area contributed by atoms with E-state index in [9.17, 15) is 5.11 Å². The Morgan fingerprint density at radius 1 is 1.23 bits per heavy atom. The highest BCUT2D eigenvalue weighted by molar-refractivity contribution is 7.96. The number of aliphatic hydroxyl groups is 1. The topological polar surface area (TPSA) is 20.2 Å². The Hall–Kier alpha value is 0.747. The second kappa shape index (κ2) is 6.93. The molecule has 0 amide bonds. The van der Waals surface area contributed by atoms with Crippen LogP contribution in [0.1, 0.15) is 33.6 Å². The summed E-state index contributed by atoms with van der Waals surface area (Å²) < 4.78 is 0. The molecule has 0 aliphatic heterocycles. The van der Waals surface area contributed by atoms with Crippen LogP contribution < -0.4 is 17.0 Å². The fraction of sp³-hybridized carbons (Fsp3) is 0.889. The summed E-state index contributed by atoms with van der Waals surface area (Å²) in [5, 5.41) is 10.9. The van der Waals surface area contributed by atoms with E-state index in [0.29, 0.717) is 22.2 Å². The summed E-state index contributed by atoms with van der Waals surface area (Å²) in [7, 11) is -0.649. The van der Waals surface area contributed by atoms with E-state index in [2.05, 4.69) is 58.4 Å². The van der Waals surface area contributed by atoms with Crippen LogP contribution >= 0.6 is 0 Å². The van der Waals surface area contributed by atoms with Crippen molar-refractivity contribution in [1.82, 2.24) is 0 Å². The van der Waals surface area contributed by atoms with Gasteiger partial charge in [-0.15, -0.1) is 0 Å². The lowest BCUT2D eigenvalue weighted by atomic mass is 9.70. The van der Waals surface area contributed by atoms with Crippen molar-refractivity contribution in [3.8, 4) is 0 Å². The zero-order chi connectivity index (χ0) is 16.1. The van der Waals surface area contributed by atoms with Crippen LogP contribution in [0.4, 0.5) is 0 Å². The molecule has 4 heteroatoms. The van der Waals surface area contributed by atoms with Gasteiger partial charge in [-0.3, -0.25) is 0 Å². The van der Waals surface area contributed by atoms with Crippen molar-refractivity contribution in [2.45, 2.75) is 59.4 Å². The molecule has 130 valence electrons. The zero-order valence-electron chi connectivity index (χ0n) is 15.4. The Morgan fingerprint density at radius 2 is 1.82 bits per heavy atom. The second-order valence-corrected chi connectivity index (χ2v) is 16.6. The molecule has 22 heavy (non-hydrogen) atoms. The molecule has 5 atom stereocenters. The van der Waals surface area contributed by atoms with E-state index in [0.717, 1.165) is 5.92 Å². The highest BCUT2D eigenvalue weighted by atomic mass is 79.9. The van der Waals surface area contributed by atoms with Gasteiger partial charge in [0, 0.05) is 5.92 Å². The molecule has 2 aliphatic rings. The average Bonchev–Trinajstić information content (AvgIpc) is 2.62. The van der Waals surface area contributed by atoms with Gasteiger partial charge in [0.1, 0.15) is 11.5 Å². The van der Waals surface area contributed by atoms with Crippen molar-refractivity contribution >= 4 is 19.0 Å². The number of fused-ring (bicyclic) bond motifs is 2. The van der Waals surface area contributed by atoms with Crippen molar-refractivity contribution in [3.63, 3.8) is 0 Å². The first-order valence-corrected chi connectivity index (χ1v) is 14.0. The van der Waals surface area contributed by atoms with Crippen molar-refractivity contribution in [3.05, 3.63) is 11.8 Å². The molecule has 0 aromatic heterocycles. The SMILES string of the molecule is C[S+](C/C=C/[Si](C)(C)C)C[C@@H]1[C@H]2CC[C@@](C)([C@@H]1O)C2(C)C.[Br-]. The first-order chi connectivity index (χ1) is 9.49. The number of rotatable bonds is 5. The molecule has 0 aromatic rings. The van der Waals surface area contributed by atoms with E-state index >= 15 is 0 Å². The van der Waals surface area contributed by atoms with Gasteiger partial charge in [-0.1, -0.05) is 46.1 Å². The Bertz CT molecular complexity index is 418. The molecule has 0 spiro atoms. The second-order valence-electron chi connectivity index (χ2n) is 9.28. The summed E-state index contributed by atoms with van der Waals surface area (Å²) >= 11 is 0. The van der Waals surface area contributed by atoms with E-state index in [1.54, 1.807) is 0 Å². The van der Waals surface area contributed by atoms with E-state index in [1.165, 1.54) is 24.3 Å². The molecule has 1 nitrogen and oxygen atoms in total. The van der Waals surface area contributed by atoms with Crippen LogP contribution in [0.3, 0.4) is 0 Å². The van der Waals surface area contributed by atoms with Crippen LogP contribution in [0.15, 0.2) is 11.8 Å². The van der Waals surface area contributed by atoms with Crippen LogP contribution in [-0.4, -0.2) is 37.0 Å². The molecule has 2 saturated carbocycles. The Labute approximate surface area is 152 Å². The highest BCUT2D eigenvalue weighted by Gasteiger charge is 2.66. The first-order valence-electron chi connectivity index (χ1n) is 8.44. The summed E-state index contributed by atoms with van der Waals surface area (Å²) in [6.45, 7) is 14.3. The normalized spacial score (nSPS) is 38.3. The van der Waals surface area contributed by atoms with E-state index in [-0.39, 0.29) is 28.5 Å². The first kappa shape index (κ1) is 20.8. The Balaban J connectivity index is 0.00000242. The fourth-order valence-corrected chi connectivity index (χ4v) is 7.33. The summed E-state index contributed by atoms with van der Waals surface area (Å²) in [6.07, 6.45) is 7.27. The monoisotopic (exact) mass is 406 g/mol. The van der Waals surface area contributed by atoms with E-state index in [1.807, 2.05) is 0 Å². The molecular weight excluding hydrogens is 372 g/mol. The molecule has 0 aromatic carbocycles. The molecule has 0 heterocycles. The third kappa shape index (κ3) is 3.70. The number of hydrogen-bond acceptors (Lipinski definition) is 1. The summed E-state index contributed by atoms with van der Waals surface area (Å²) in [5.74, 6) is 3.69.